The van der Waals surface area contributed by atoms with Crippen LogP contribution in [0.5, 0.6) is 11.5 Å². The number of sulfonamides is 1. The van der Waals surface area contributed by atoms with Gasteiger partial charge in [-0.15, -0.1) is 0 Å². The largest absolute Gasteiger partial charge is 0.495 e. The SMILES string of the molecule is C=CCOc1ccc(NC(=O)CN(c2cc(C)ccc2OC)S(=O)(=O)c2ccccc2)cc1. The van der Waals surface area contributed by atoms with Crippen molar-refractivity contribution >= 4 is 27.3 Å². The summed E-state index contributed by atoms with van der Waals surface area (Å²) in [5.41, 5.74) is 1.62. The molecule has 0 atom stereocenters. The van der Waals surface area contributed by atoms with Gasteiger partial charge in [0.05, 0.1) is 17.7 Å². The lowest BCUT2D eigenvalue weighted by atomic mass is 10.2. The molecule has 1 N–H and O–H groups in total. The molecular formula is C25H26N2O5S. The van der Waals surface area contributed by atoms with Gasteiger partial charge < -0.3 is 14.8 Å². The number of methoxy groups -OCH3 is 1. The van der Waals surface area contributed by atoms with Gasteiger partial charge in [0.1, 0.15) is 24.7 Å². The number of nitrogens with zero attached hydrogens (tertiary/aromatic N) is 1. The van der Waals surface area contributed by atoms with Gasteiger partial charge in [-0.1, -0.05) is 36.9 Å². The van der Waals surface area contributed by atoms with Gasteiger partial charge in [-0.2, -0.15) is 0 Å². The quantitative estimate of drug-likeness (QED) is 0.448. The third-order valence-corrected chi connectivity index (χ3v) is 6.50. The van der Waals surface area contributed by atoms with Gasteiger partial charge in [-0.05, 0) is 61.0 Å². The third kappa shape index (κ3) is 5.93. The maximum Gasteiger partial charge on any atom is 0.264 e. The highest BCUT2D eigenvalue weighted by Gasteiger charge is 2.29. The molecule has 7 nitrogen and oxygen atoms in total. The highest BCUT2D eigenvalue weighted by molar-refractivity contribution is 7.92. The average molecular weight is 467 g/mol. The molecule has 1 amide bonds. The predicted octanol–water partition coefficient (Wildman–Crippen LogP) is 4.40. The first-order chi connectivity index (χ1) is 15.8. The molecule has 172 valence electrons. The van der Waals surface area contributed by atoms with E-state index in [2.05, 4.69) is 11.9 Å². The minimum atomic E-state index is -4.04. The second kappa shape index (κ2) is 10.7. The Morgan fingerprint density at radius 3 is 2.39 bits per heavy atom. The van der Waals surface area contributed by atoms with Crippen LogP contribution < -0.4 is 19.1 Å². The number of amides is 1. The Kier molecular flexibility index (Phi) is 7.74. The van der Waals surface area contributed by atoms with Gasteiger partial charge >= 0.3 is 0 Å². The summed E-state index contributed by atoms with van der Waals surface area (Å²) in [5.74, 6) is 0.472. The lowest BCUT2D eigenvalue weighted by Gasteiger charge is -2.26. The first kappa shape index (κ1) is 23.9. The highest BCUT2D eigenvalue weighted by atomic mass is 32.2. The zero-order valence-electron chi connectivity index (χ0n) is 18.5. The minimum Gasteiger partial charge on any atom is -0.495 e. The molecule has 8 heteroatoms. The zero-order valence-corrected chi connectivity index (χ0v) is 19.3. The molecular weight excluding hydrogens is 440 g/mol. The second-order valence-corrected chi connectivity index (χ2v) is 9.03. The monoisotopic (exact) mass is 466 g/mol. The number of rotatable bonds is 10. The van der Waals surface area contributed by atoms with Crippen molar-refractivity contribution in [1.82, 2.24) is 0 Å². The average Bonchev–Trinajstić information content (AvgIpc) is 2.82. The minimum absolute atomic E-state index is 0.0741. The summed E-state index contributed by atoms with van der Waals surface area (Å²) in [4.78, 5) is 13.0. The molecule has 0 aliphatic heterocycles. The summed E-state index contributed by atoms with van der Waals surface area (Å²) in [6, 6.07) is 19.9. The summed E-state index contributed by atoms with van der Waals surface area (Å²) < 4.78 is 38.9. The van der Waals surface area contributed by atoms with Crippen LogP contribution in [0.1, 0.15) is 5.56 Å². The van der Waals surface area contributed by atoms with E-state index in [1.807, 2.05) is 13.0 Å². The van der Waals surface area contributed by atoms with Crippen molar-refractivity contribution in [2.24, 2.45) is 0 Å². The Hall–Kier alpha value is -3.78. The fourth-order valence-electron chi connectivity index (χ4n) is 3.13. The molecule has 0 aliphatic rings. The number of hydrogen-bond acceptors (Lipinski definition) is 5. The van der Waals surface area contributed by atoms with Crippen LogP contribution in [0.15, 0.2) is 90.3 Å². The molecule has 0 fully saturated rings. The van der Waals surface area contributed by atoms with Crippen molar-refractivity contribution in [3.8, 4) is 11.5 Å². The topological polar surface area (TPSA) is 84.9 Å². The lowest BCUT2D eigenvalue weighted by molar-refractivity contribution is -0.114. The second-order valence-electron chi connectivity index (χ2n) is 7.17. The Bertz CT molecular complexity index is 1210. The standard InChI is InChI=1S/C25H26N2O5S/c1-4-16-32-21-13-11-20(12-14-21)26-25(28)18-27(23-17-19(2)10-15-24(23)31-3)33(29,30)22-8-6-5-7-9-22/h4-15,17H,1,16,18H2,2-3H3,(H,26,28). The van der Waals surface area contributed by atoms with Crippen molar-refractivity contribution in [1.29, 1.82) is 0 Å². The first-order valence-electron chi connectivity index (χ1n) is 10.2. The molecule has 3 aromatic carbocycles. The van der Waals surface area contributed by atoms with Crippen LogP contribution in [-0.2, 0) is 14.8 Å². The van der Waals surface area contributed by atoms with E-state index in [0.717, 1.165) is 9.87 Å². The smallest absolute Gasteiger partial charge is 0.264 e. The van der Waals surface area contributed by atoms with E-state index in [9.17, 15) is 13.2 Å². The number of carbonyl (C=O) groups is 1. The van der Waals surface area contributed by atoms with Crippen LogP contribution in [0.25, 0.3) is 0 Å². The molecule has 0 saturated heterocycles. The van der Waals surface area contributed by atoms with E-state index < -0.39 is 22.5 Å². The summed E-state index contributed by atoms with van der Waals surface area (Å²) in [7, 11) is -2.59. The fourth-order valence-corrected chi connectivity index (χ4v) is 4.58. The van der Waals surface area contributed by atoms with E-state index in [1.54, 1.807) is 60.7 Å². The normalized spacial score (nSPS) is 10.8. The van der Waals surface area contributed by atoms with Crippen LogP contribution in [0, 0.1) is 6.92 Å². The van der Waals surface area contributed by atoms with E-state index in [4.69, 9.17) is 9.47 Å². The number of aryl methyl sites for hydroxylation is 1. The molecule has 33 heavy (non-hydrogen) atoms. The van der Waals surface area contributed by atoms with Gasteiger partial charge in [0.2, 0.25) is 5.91 Å². The van der Waals surface area contributed by atoms with E-state index in [1.165, 1.54) is 19.2 Å². The molecule has 0 bridgehead atoms. The summed E-state index contributed by atoms with van der Waals surface area (Å²) in [6.45, 7) is 5.37. The molecule has 0 unspecified atom stereocenters. The number of nitrogens with one attached hydrogen (secondary N) is 1. The highest BCUT2D eigenvalue weighted by Crippen LogP contribution is 2.33. The Balaban J connectivity index is 1.91. The third-order valence-electron chi connectivity index (χ3n) is 4.73. The number of carbonyl (C=O) groups excluding carboxylic acids is 1. The lowest BCUT2D eigenvalue weighted by Crippen LogP contribution is -2.38. The van der Waals surface area contributed by atoms with Crippen LogP contribution in [0.3, 0.4) is 0 Å². The summed E-state index contributed by atoms with van der Waals surface area (Å²) >= 11 is 0. The van der Waals surface area contributed by atoms with E-state index in [0.29, 0.717) is 23.8 Å². The van der Waals surface area contributed by atoms with Crippen LogP contribution in [0.2, 0.25) is 0 Å². The Morgan fingerprint density at radius 2 is 1.76 bits per heavy atom. The molecule has 3 aromatic rings. The summed E-state index contributed by atoms with van der Waals surface area (Å²) in [5, 5.41) is 2.74. The van der Waals surface area contributed by atoms with E-state index >= 15 is 0 Å². The van der Waals surface area contributed by atoms with Gasteiger partial charge in [-0.25, -0.2) is 8.42 Å². The van der Waals surface area contributed by atoms with Crippen molar-refractivity contribution in [3.63, 3.8) is 0 Å². The molecule has 0 radical (unpaired) electrons. The number of anilines is 2. The van der Waals surface area contributed by atoms with E-state index in [-0.39, 0.29) is 10.6 Å². The number of hydrogen-bond donors (Lipinski definition) is 1. The maximum atomic E-state index is 13.5. The molecule has 0 spiro atoms. The summed E-state index contributed by atoms with van der Waals surface area (Å²) in [6.07, 6.45) is 1.64. The Morgan fingerprint density at radius 1 is 1.06 bits per heavy atom. The predicted molar refractivity (Wildman–Crippen MR) is 129 cm³/mol. The van der Waals surface area contributed by atoms with Gasteiger partial charge in [-0.3, -0.25) is 9.10 Å². The van der Waals surface area contributed by atoms with Crippen molar-refractivity contribution in [2.45, 2.75) is 11.8 Å². The first-order valence-corrected chi connectivity index (χ1v) is 11.6. The van der Waals surface area contributed by atoms with Crippen molar-refractivity contribution < 1.29 is 22.7 Å². The van der Waals surface area contributed by atoms with Gasteiger partial charge in [0, 0.05) is 5.69 Å². The maximum absolute atomic E-state index is 13.5. The fraction of sp³-hybridized carbons (Fsp3) is 0.160. The molecule has 0 heterocycles. The number of benzene rings is 3. The molecule has 0 saturated carbocycles. The number of ether oxygens (including phenoxy) is 2. The van der Waals surface area contributed by atoms with Crippen LogP contribution >= 0.6 is 0 Å². The molecule has 3 rings (SSSR count). The Labute approximate surface area is 194 Å². The molecule has 0 aliphatic carbocycles. The van der Waals surface area contributed by atoms with Gasteiger partial charge in [0.25, 0.3) is 10.0 Å². The van der Waals surface area contributed by atoms with Crippen LogP contribution in [0.4, 0.5) is 11.4 Å². The van der Waals surface area contributed by atoms with Crippen LogP contribution in [-0.4, -0.2) is 34.6 Å². The zero-order chi connectivity index (χ0) is 23.8. The van der Waals surface area contributed by atoms with Crippen molar-refractivity contribution in [3.05, 3.63) is 91.0 Å². The van der Waals surface area contributed by atoms with Crippen molar-refractivity contribution in [2.75, 3.05) is 29.9 Å². The van der Waals surface area contributed by atoms with Gasteiger partial charge in [0.15, 0.2) is 0 Å². The molecule has 0 aromatic heterocycles.